The number of hydrogen-bond donors (Lipinski definition) is 1. The van der Waals surface area contributed by atoms with Gasteiger partial charge in [-0.3, -0.25) is 9.69 Å². The molecule has 0 bridgehead atoms. The zero-order valence-corrected chi connectivity index (χ0v) is 15.8. The second kappa shape index (κ2) is 7.83. The molecule has 1 aliphatic heterocycles. The van der Waals surface area contributed by atoms with Gasteiger partial charge in [-0.25, -0.2) is 9.97 Å². The second-order valence-corrected chi connectivity index (χ2v) is 7.69. The van der Waals surface area contributed by atoms with Crippen LogP contribution in [0.25, 0.3) is 0 Å². The molecule has 0 radical (unpaired) electrons. The number of amides is 1. The summed E-state index contributed by atoms with van der Waals surface area (Å²) in [5.74, 6) is 0.467. The van der Waals surface area contributed by atoms with Gasteiger partial charge in [0.2, 0.25) is 5.95 Å². The predicted molar refractivity (Wildman–Crippen MR) is 103 cm³/mol. The first-order chi connectivity index (χ1) is 12.4. The van der Waals surface area contributed by atoms with Crippen LogP contribution in [0.1, 0.15) is 36.8 Å². The van der Waals surface area contributed by atoms with Crippen LogP contribution in [0.15, 0.2) is 42.6 Å². The van der Waals surface area contributed by atoms with Crippen LogP contribution in [0.3, 0.4) is 0 Å². The van der Waals surface area contributed by atoms with Crippen LogP contribution in [0, 0.1) is 0 Å². The maximum atomic E-state index is 12.3. The van der Waals surface area contributed by atoms with Gasteiger partial charge in [-0.15, -0.1) is 0 Å². The minimum absolute atomic E-state index is 0.163. The summed E-state index contributed by atoms with van der Waals surface area (Å²) in [6.07, 6.45) is 1.66. The number of hydrogen-bond acceptors (Lipinski definition) is 5. The number of aromatic nitrogens is 2. The molecule has 0 saturated carbocycles. The highest BCUT2D eigenvalue weighted by Crippen LogP contribution is 2.14. The Labute approximate surface area is 155 Å². The molecule has 1 aliphatic rings. The summed E-state index contributed by atoms with van der Waals surface area (Å²) in [4.78, 5) is 25.7. The number of anilines is 1. The van der Waals surface area contributed by atoms with Gasteiger partial charge in [-0.2, -0.15) is 0 Å². The fraction of sp³-hybridized carbons (Fsp3) is 0.450. The molecular weight excluding hydrogens is 326 g/mol. The minimum Gasteiger partial charge on any atom is -0.346 e. The third kappa shape index (κ3) is 5.02. The molecule has 1 amide bonds. The Balaban J connectivity index is 1.59. The van der Waals surface area contributed by atoms with Crippen molar-refractivity contribution in [2.45, 2.75) is 32.9 Å². The van der Waals surface area contributed by atoms with E-state index in [0.717, 1.165) is 32.7 Å². The molecule has 6 heteroatoms. The molecule has 1 aromatic heterocycles. The van der Waals surface area contributed by atoms with Gasteiger partial charge >= 0.3 is 0 Å². The van der Waals surface area contributed by atoms with Gasteiger partial charge in [-0.05, 0) is 32.4 Å². The number of piperazine rings is 1. The van der Waals surface area contributed by atoms with E-state index >= 15 is 0 Å². The van der Waals surface area contributed by atoms with Gasteiger partial charge in [0, 0.05) is 44.5 Å². The minimum atomic E-state index is -0.286. The van der Waals surface area contributed by atoms with Crippen molar-refractivity contribution in [1.29, 1.82) is 0 Å². The summed E-state index contributed by atoms with van der Waals surface area (Å²) >= 11 is 0. The molecule has 2 aromatic rings. The molecule has 0 spiro atoms. The lowest BCUT2D eigenvalue weighted by Gasteiger charge is -2.34. The Hall–Kier alpha value is -2.47. The summed E-state index contributed by atoms with van der Waals surface area (Å²) in [5, 5.41) is 2.94. The van der Waals surface area contributed by atoms with Crippen molar-refractivity contribution in [2.75, 3.05) is 31.1 Å². The van der Waals surface area contributed by atoms with E-state index in [9.17, 15) is 4.79 Å². The van der Waals surface area contributed by atoms with E-state index in [-0.39, 0.29) is 11.4 Å². The molecule has 2 heterocycles. The Morgan fingerprint density at radius 2 is 1.77 bits per heavy atom. The topological polar surface area (TPSA) is 61.4 Å². The van der Waals surface area contributed by atoms with Gasteiger partial charge in [0.1, 0.15) is 5.69 Å². The van der Waals surface area contributed by atoms with Crippen molar-refractivity contribution in [3.05, 3.63) is 53.9 Å². The standard InChI is InChI=1S/C20H27N5O/c1-20(2,3)23-18(26)17-9-10-21-19(22-17)25-13-11-24(12-14-25)15-16-7-5-4-6-8-16/h4-10H,11-15H2,1-3H3,(H,23,26). The first kappa shape index (κ1) is 18.3. The van der Waals surface area contributed by atoms with Crippen molar-refractivity contribution in [1.82, 2.24) is 20.2 Å². The maximum absolute atomic E-state index is 12.3. The lowest BCUT2D eigenvalue weighted by Crippen LogP contribution is -2.46. The van der Waals surface area contributed by atoms with Gasteiger partial charge in [0.25, 0.3) is 5.91 Å². The molecule has 6 nitrogen and oxygen atoms in total. The SMILES string of the molecule is CC(C)(C)NC(=O)c1ccnc(N2CCN(Cc3ccccc3)CC2)n1. The molecule has 1 N–H and O–H groups in total. The van der Waals surface area contributed by atoms with Crippen LogP contribution in [0.2, 0.25) is 0 Å². The van der Waals surface area contributed by atoms with Crippen LogP contribution < -0.4 is 10.2 Å². The average molecular weight is 353 g/mol. The first-order valence-electron chi connectivity index (χ1n) is 9.07. The lowest BCUT2D eigenvalue weighted by molar-refractivity contribution is 0.0914. The molecule has 0 unspecified atom stereocenters. The van der Waals surface area contributed by atoms with Crippen molar-refractivity contribution in [3.63, 3.8) is 0 Å². The van der Waals surface area contributed by atoms with Crippen molar-refractivity contribution in [2.24, 2.45) is 0 Å². The first-order valence-corrected chi connectivity index (χ1v) is 9.07. The van der Waals surface area contributed by atoms with Crippen molar-refractivity contribution < 1.29 is 4.79 Å². The Bertz CT molecular complexity index is 733. The van der Waals surface area contributed by atoms with Gasteiger partial charge in [-0.1, -0.05) is 30.3 Å². The van der Waals surface area contributed by atoms with Gasteiger partial charge in [0.15, 0.2) is 0 Å². The van der Waals surface area contributed by atoms with Crippen LogP contribution in [0.5, 0.6) is 0 Å². The third-order valence-electron chi connectivity index (χ3n) is 4.27. The highest BCUT2D eigenvalue weighted by atomic mass is 16.2. The van der Waals surface area contributed by atoms with Crippen LogP contribution in [-0.4, -0.2) is 52.5 Å². The summed E-state index contributed by atoms with van der Waals surface area (Å²) in [6.45, 7) is 10.5. The van der Waals surface area contributed by atoms with Crippen LogP contribution in [0.4, 0.5) is 5.95 Å². The summed E-state index contributed by atoms with van der Waals surface area (Å²) in [7, 11) is 0. The predicted octanol–water partition coefficient (Wildman–Crippen LogP) is 2.33. The van der Waals surface area contributed by atoms with E-state index < -0.39 is 0 Å². The average Bonchev–Trinajstić information content (AvgIpc) is 2.62. The number of carbonyl (C=O) groups is 1. The zero-order chi connectivity index (χ0) is 18.6. The number of carbonyl (C=O) groups excluding carboxylic acids is 1. The van der Waals surface area contributed by atoms with Crippen molar-refractivity contribution >= 4 is 11.9 Å². The van der Waals surface area contributed by atoms with E-state index in [1.165, 1.54) is 5.56 Å². The third-order valence-corrected chi connectivity index (χ3v) is 4.27. The largest absolute Gasteiger partial charge is 0.346 e. The highest BCUT2D eigenvalue weighted by molar-refractivity contribution is 5.92. The fourth-order valence-electron chi connectivity index (χ4n) is 2.98. The maximum Gasteiger partial charge on any atom is 0.270 e. The molecule has 26 heavy (non-hydrogen) atoms. The summed E-state index contributed by atoms with van der Waals surface area (Å²) in [5.41, 5.74) is 1.46. The molecule has 1 saturated heterocycles. The monoisotopic (exact) mass is 353 g/mol. The molecular formula is C20H27N5O. The van der Waals surface area contributed by atoms with Gasteiger partial charge in [0.05, 0.1) is 0 Å². The number of benzene rings is 1. The zero-order valence-electron chi connectivity index (χ0n) is 15.8. The highest BCUT2D eigenvalue weighted by Gasteiger charge is 2.21. The Morgan fingerprint density at radius 1 is 1.08 bits per heavy atom. The Morgan fingerprint density at radius 3 is 2.42 bits per heavy atom. The van der Waals surface area contributed by atoms with Gasteiger partial charge < -0.3 is 10.2 Å². The number of rotatable bonds is 4. The summed E-state index contributed by atoms with van der Waals surface area (Å²) < 4.78 is 0. The number of nitrogens with zero attached hydrogens (tertiary/aromatic N) is 4. The van der Waals surface area contributed by atoms with E-state index in [4.69, 9.17) is 0 Å². The second-order valence-electron chi connectivity index (χ2n) is 7.69. The van der Waals surface area contributed by atoms with Crippen LogP contribution >= 0.6 is 0 Å². The quantitative estimate of drug-likeness (QED) is 0.914. The molecule has 0 aliphatic carbocycles. The Kier molecular flexibility index (Phi) is 5.52. The molecule has 1 fully saturated rings. The molecule has 0 atom stereocenters. The normalized spacial score (nSPS) is 15.7. The van der Waals surface area contributed by atoms with E-state index in [0.29, 0.717) is 11.6 Å². The molecule has 138 valence electrons. The number of nitrogens with one attached hydrogen (secondary N) is 1. The van der Waals surface area contributed by atoms with E-state index in [1.54, 1.807) is 12.3 Å². The summed E-state index contributed by atoms with van der Waals surface area (Å²) in [6, 6.07) is 12.2. The smallest absolute Gasteiger partial charge is 0.270 e. The van der Waals surface area contributed by atoms with Crippen molar-refractivity contribution in [3.8, 4) is 0 Å². The lowest BCUT2D eigenvalue weighted by atomic mass is 10.1. The van der Waals surface area contributed by atoms with E-state index in [2.05, 4.69) is 49.4 Å². The molecule has 1 aromatic carbocycles. The molecule has 3 rings (SSSR count). The van der Waals surface area contributed by atoms with Crippen LogP contribution in [-0.2, 0) is 6.54 Å². The van der Waals surface area contributed by atoms with E-state index in [1.807, 2.05) is 26.8 Å². The fourth-order valence-corrected chi connectivity index (χ4v) is 2.98.